The van der Waals surface area contributed by atoms with Crippen molar-refractivity contribution < 1.29 is 9.47 Å². The van der Waals surface area contributed by atoms with Gasteiger partial charge in [0.1, 0.15) is 0 Å². The van der Waals surface area contributed by atoms with Gasteiger partial charge in [-0.25, -0.2) is 0 Å². The smallest absolute Gasteiger partial charge is 0.191 e. The molecule has 0 spiro atoms. The lowest BCUT2D eigenvalue weighted by atomic mass is 9.97. The van der Waals surface area contributed by atoms with Gasteiger partial charge in [0.05, 0.1) is 19.3 Å². The van der Waals surface area contributed by atoms with Gasteiger partial charge in [0, 0.05) is 26.7 Å². The molecule has 22 heavy (non-hydrogen) atoms. The summed E-state index contributed by atoms with van der Waals surface area (Å²) in [5, 5.41) is 6.65. The minimum atomic E-state index is 0.307. The Hall–Kier alpha value is -1.07. The molecule has 1 saturated heterocycles. The van der Waals surface area contributed by atoms with E-state index in [4.69, 9.17) is 9.47 Å². The molecule has 2 rings (SSSR count). The van der Waals surface area contributed by atoms with E-state index in [1.54, 1.807) is 5.57 Å². The van der Waals surface area contributed by atoms with E-state index >= 15 is 0 Å². The second kappa shape index (κ2) is 10.6. The van der Waals surface area contributed by atoms with Crippen molar-refractivity contribution in [1.29, 1.82) is 0 Å². The Morgan fingerprint density at radius 1 is 1.32 bits per heavy atom. The number of rotatable bonds is 8. The fourth-order valence-corrected chi connectivity index (χ4v) is 2.93. The molecule has 0 saturated carbocycles. The van der Waals surface area contributed by atoms with Gasteiger partial charge in [-0.1, -0.05) is 11.6 Å². The van der Waals surface area contributed by atoms with Crippen molar-refractivity contribution in [2.45, 2.75) is 51.0 Å². The Kier molecular flexibility index (Phi) is 8.35. The van der Waals surface area contributed by atoms with Crippen LogP contribution in [0.3, 0.4) is 0 Å². The third-order valence-electron chi connectivity index (χ3n) is 4.21. The van der Waals surface area contributed by atoms with E-state index in [0.29, 0.717) is 19.3 Å². The number of hydrogen-bond donors (Lipinski definition) is 2. The minimum absolute atomic E-state index is 0.307. The molecule has 1 unspecified atom stereocenters. The molecule has 0 aromatic heterocycles. The van der Waals surface area contributed by atoms with Crippen molar-refractivity contribution in [2.75, 3.05) is 40.0 Å². The zero-order valence-electron chi connectivity index (χ0n) is 13.9. The molecular weight excluding hydrogens is 278 g/mol. The van der Waals surface area contributed by atoms with E-state index in [0.717, 1.165) is 38.5 Å². The predicted molar refractivity (Wildman–Crippen MR) is 90.3 cm³/mol. The molecule has 1 aliphatic heterocycles. The lowest BCUT2D eigenvalue weighted by molar-refractivity contribution is 0.0191. The number of guanidine groups is 1. The molecule has 0 aromatic rings. The van der Waals surface area contributed by atoms with Gasteiger partial charge in [0.2, 0.25) is 0 Å². The number of allylic oxidation sites excluding steroid dienone is 1. The molecule has 1 fully saturated rings. The molecule has 1 aliphatic carbocycles. The molecule has 0 bridgehead atoms. The summed E-state index contributed by atoms with van der Waals surface area (Å²) >= 11 is 0. The zero-order valence-corrected chi connectivity index (χ0v) is 13.9. The van der Waals surface area contributed by atoms with Crippen LogP contribution in [0.2, 0.25) is 0 Å². The van der Waals surface area contributed by atoms with Crippen LogP contribution in [0.25, 0.3) is 0 Å². The average Bonchev–Trinajstić information content (AvgIpc) is 3.07. The molecule has 1 heterocycles. The number of aliphatic imine (C=N–C) groups is 1. The van der Waals surface area contributed by atoms with Crippen LogP contribution in [0.5, 0.6) is 0 Å². The van der Waals surface area contributed by atoms with Crippen molar-refractivity contribution in [1.82, 2.24) is 10.6 Å². The van der Waals surface area contributed by atoms with Gasteiger partial charge in [-0.2, -0.15) is 0 Å². The number of nitrogens with zero attached hydrogens (tertiary/aromatic N) is 1. The first kappa shape index (κ1) is 17.3. The van der Waals surface area contributed by atoms with Crippen LogP contribution in [-0.2, 0) is 9.47 Å². The van der Waals surface area contributed by atoms with Crippen molar-refractivity contribution in [3.63, 3.8) is 0 Å². The quantitative estimate of drug-likeness (QED) is 0.312. The standard InChI is InChI=1S/C17H31N3O2/c1-18-17(19-10-9-15-6-3-2-4-7-15)20-11-13-21-14-16-8-5-12-22-16/h6,16H,2-5,7-14H2,1H3,(H2,18,19,20). The van der Waals surface area contributed by atoms with E-state index in [9.17, 15) is 0 Å². The Morgan fingerprint density at radius 2 is 2.23 bits per heavy atom. The highest BCUT2D eigenvalue weighted by molar-refractivity contribution is 5.79. The minimum Gasteiger partial charge on any atom is -0.377 e. The maximum Gasteiger partial charge on any atom is 0.191 e. The van der Waals surface area contributed by atoms with Crippen LogP contribution in [0.1, 0.15) is 44.9 Å². The summed E-state index contributed by atoms with van der Waals surface area (Å²) in [6.07, 6.45) is 11.4. The van der Waals surface area contributed by atoms with Crippen LogP contribution in [-0.4, -0.2) is 52.0 Å². The van der Waals surface area contributed by atoms with Crippen LogP contribution in [0, 0.1) is 0 Å². The number of nitrogens with one attached hydrogen (secondary N) is 2. The van der Waals surface area contributed by atoms with Crippen LogP contribution in [0.4, 0.5) is 0 Å². The average molecular weight is 309 g/mol. The van der Waals surface area contributed by atoms with E-state index in [1.807, 2.05) is 7.05 Å². The summed E-state index contributed by atoms with van der Waals surface area (Å²) in [5.74, 6) is 0.858. The molecule has 0 amide bonds. The fourth-order valence-electron chi connectivity index (χ4n) is 2.93. The molecule has 2 N–H and O–H groups in total. The topological polar surface area (TPSA) is 54.9 Å². The van der Waals surface area contributed by atoms with Crippen molar-refractivity contribution >= 4 is 5.96 Å². The monoisotopic (exact) mass is 309 g/mol. The maximum atomic E-state index is 5.63. The normalized spacial score (nSPS) is 22.5. The SMILES string of the molecule is CN=C(NCCOCC1CCCO1)NCCC1=CCCCC1. The number of ether oxygens (including phenoxy) is 2. The van der Waals surface area contributed by atoms with E-state index in [2.05, 4.69) is 21.7 Å². The highest BCUT2D eigenvalue weighted by atomic mass is 16.5. The Morgan fingerprint density at radius 3 is 2.95 bits per heavy atom. The Labute approximate surface area is 134 Å². The molecule has 5 nitrogen and oxygen atoms in total. The largest absolute Gasteiger partial charge is 0.377 e. The molecule has 126 valence electrons. The van der Waals surface area contributed by atoms with E-state index in [-0.39, 0.29) is 0 Å². The van der Waals surface area contributed by atoms with Gasteiger partial charge in [0.15, 0.2) is 5.96 Å². The molecular formula is C17H31N3O2. The van der Waals surface area contributed by atoms with Gasteiger partial charge in [-0.15, -0.1) is 0 Å². The molecule has 2 aliphatic rings. The third-order valence-corrected chi connectivity index (χ3v) is 4.21. The van der Waals surface area contributed by atoms with Gasteiger partial charge in [-0.05, 0) is 44.9 Å². The molecule has 0 radical (unpaired) electrons. The summed E-state index contributed by atoms with van der Waals surface area (Å²) in [5.41, 5.74) is 1.59. The summed E-state index contributed by atoms with van der Waals surface area (Å²) < 4.78 is 11.2. The zero-order chi connectivity index (χ0) is 15.5. The summed E-state index contributed by atoms with van der Waals surface area (Å²) in [6, 6.07) is 0. The van der Waals surface area contributed by atoms with Gasteiger partial charge < -0.3 is 20.1 Å². The van der Waals surface area contributed by atoms with Gasteiger partial charge >= 0.3 is 0 Å². The predicted octanol–water partition coefficient (Wildman–Crippen LogP) is 2.24. The fraction of sp³-hybridized carbons (Fsp3) is 0.824. The molecule has 5 heteroatoms. The summed E-state index contributed by atoms with van der Waals surface area (Å²) in [4.78, 5) is 4.24. The van der Waals surface area contributed by atoms with Gasteiger partial charge in [0.25, 0.3) is 0 Å². The molecule has 0 aromatic carbocycles. The van der Waals surface area contributed by atoms with E-state index < -0.39 is 0 Å². The van der Waals surface area contributed by atoms with Gasteiger partial charge in [-0.3, -0.25) is 4.99 Å². The molecule has 1 atom stereocenters. The highest BCUT2D eigenvalue weighted by Gasteiger charge is 2.14. The first-order chi connectivity index (χ1) is 10.9. The van der Waals surface area contributed by atoms with Crippen LogP contribution in [0.15, 0.2) is 16.6 Å². The lowest BCUT2D eigenvalue weighted by Gasteiger charge is -2.15. The van der Waals surface area contributed by atoms with E-state index in [1.165, 1.54) is 32.1 Å². The highest BCUT2D eigenvalue weighted by Crippen LogP contribution is 2.19. The summed E-state index contributed by atoms with van der Waals surface area (Å²) in [6.45, 7) is 4.00. The van der Waals surface area contributed by atoms with Crippen molar-refractivity contribution in [2.24, 2.45) is 4.99 Å². The first-order valence-electron chi connectivity index (χ1n) is 8.70. The lowest BCUT2D eigenvalue weighted by Crippen LogP contribution is -2.39. The van der Waals surface area contributed by atoms with Crippen molar-refractivity contribution in [3.8, 4) is 0 Å². The van der Waals surface area contributed by atoms with Crippen LogP contribution >= 0.6 is 0 Å². The second-order valence-corrected chi connectivity index (χ2v) is 5.99. The van der Waals surface area contributed by atoms with Crippen LogP contribution < -0.4 is 10.6 Å². The Balaban J connectivity index is 1.48. The van der Waals surface area contributed by atoms with Crippen molar-refractivity contribution in [3.05, 3.63) is 11.6 Å². The Bertz CT molecular complexity index is 363. The first-order valence-corrected chi connectivity index (χ1v) is 8.70. The third kappa shape index (κ3) is 6.79. The second-order valence-electron chi connectivity index (χ2n) is 5.99. The number of hydrogen-bond acceptors (Lipinski definition) is 3. The summed E-state index contributed by atoms with van der Waals surface area (Å²) in [7, 11) is 1.81. The maximum absolute atomic E-state index is 5.63.